The van der Waals surface area contributed by atoms with Crippen LogP contribution in [0, 0.1) is 29.1 Å². The maximum atomic E-state index is 12.3. The summed E-state index contributed by atoms with van der Waals surface area (Å²) in [6.07, 6.45) is 0. The van der Waals surface area contributed by atoms with E-state index in [-0.39, 0.29) is 0 Å². The van der Waals surface area contributed by atoms with Gasteiger partial charge in [-0.15, -0.1) is 0 Å². The summed E-state index contributed by atoms with van der Waals surface area (Å²) < 4.78 is 61.3. The van der Waals surface area contributed by atoms with Gasteiger partial charge in [-0.25, -0.2) is 13.2 Å². The van der Waals surface area contributed by atoms with Crippen LogP contribution in [-0.2, 0) is 0 Å². The Kier molecular flexibility index (Phi) is 2.01. The fraction of sp³-hybridized carbons (Fsp3) is 0. The lowest BCUT2D eigenvalue weighted by Gasteiger charge is -1.99. The van der Waals surface area contributed by atoms with Crippen molar-refractivity contribution in [2.75, 3.05) is 0 Å². The van der Waals surface area contributed by atoms with Crippen LogP contribution in [0.15, 0.2) is 0 Å². The van der Waals surface area contributed by atoms with E-state index in [2.05, 4.69) is 5.73 Å². The zero-order valence-corrected chi connectivity index (χ0v) is 5.60. The molecule has 0 atom stereocenters. The van der Waals surface area contributed by atoms with Crippen LogP contribution >= 0.6 is 0 Å². The molecule has 0 unspecified atom stereocenters. The lowest BCUT2D eigenvalue weighted by molar-refractivity contribution is -0.263. The second-order valence-corrected chi connectivity index (χ2v) is 2.05. The van der Waals surface area contributed by atoms with E-state index in [9.17, 15) is 22.0 Å². The molecule has 0 saturated carbocycles. The summed E-state index contributed by atoms with van der Waals surface area (Å²) in [6, 6.07) is 0. The number of hydrogen-bond donors (Lipinski definition) is 1. The first-order valence-electron chi connectivity index (χ1n) is 2.80. The van der Waals surface area contributed by atoms with Gasteiger partial charge in [-0.1, -0.05) is 0 Å². The summed E-state index contributed by atoms with van der Waals surface area (Å²) in [5, 5.41) is 0. The summed E-state index contributed by atoms with van der Waals surface area (Å²) in [7, 11) is 0. The van der Waals surface area contributed by atoms with Crippen molar-refractivity contribution in [3.8, 4) is 0 Å². The van der Waals surface area contributed by atoms with Crippen molar-refractivity contribution in [3.05, 3.63) is 29.1 Å². The van der Waals surface area contributed by atoms with Gasteiger partial charge >= 0.3 is 0 Å². The van der Waals surface area contributed by atoms with Crippen LogP contribution in [0.5, 0.6) is 0 Å². The van der Waals surface area contributed by atoms with Crippen LogP contribution in [0.25, 0.3) is 0 Å². The Labute approximate surface area is 63.6 Å². The highest BCUT2D eigenvalue weighted by Crippen LogP contribution is 2.22. The number of rotatable bonds is 0. The highest BCUT2D eigenvalue weighted by molar-refractivity contribution is 5.34. The van der Waals surface area contributed by atoms with Gasteiger partial charge in [0, 0.05) is 0 Å². The van der Waals surface area contributed by atoms with Gasteiger partial charge in [0.1, 0.15) is 0 Å². The molecule has 0 bridgehead atoms. The molecule has 6 heteroatoms. The lowest BCUT2D eigenvalue weighted by atomic mass is 10.2. The topological polar surface area (TPSA) is 27.6 Å². The fourth-order valence-corrected chi connectivity index (χ4v) is 0.650. The molecule has 0 heterocycles. The Balaban J connectivity index is 3.60. The molecule has 0 radical (unpaired) electrons. The first-order valence-corrected chi connectivity index (χ1v) is 2.80. The first kappa shape index (κ1) is 8.92. The van der Waals surface area contributed by atoms with Crippen LogP contribution in [0.1, 0.15) is 0 Å². The minimum atomic E-state index is -2.17. The van der Waals surface area contributed by atoms with Crippen molar-refractivity contribution in [1.29, 1.82) is 0 Å². The molecule has 0 spiro atoms. The molecule has 3 N–H and O–H groups in total. The normalized spacial score (nSPS) is 10.5. The van der Waals surface area contributed by atoms with Crippen LogP contribution in [0.2, 0.25) is 0 Å². The van der Waals surface area contributed by atoms with E-state index in [1.165, 1.54) is 0 Å². The van der Waals surface area contributed by atoms with Gasteiger partial charge < -0.3 is 5.73 Å². The van der Waals surface area contributed by atoms with Crippen LogP contribution in [0.4, 0.5) is 27.6 Å². The molecule has 0 amide bonds. The standard InChI is InChI=1S/C6H2F5N/c7-1-2(8)4(10)6(12)5(11)3(1)9/h12H2/p+1. The summed E-state index contributed by atoms with van der Waals surface area (Å²) in [4.78, 5) is 0. The van der Waals surface area contributed by atoms with Gasteiger partial charge in [-0.05, 0) is 0 Å². The minimum absolute atomic E-state index is 1.12. The molecule has 0 aromatic heterocycles. The molecule has 12 heavy (non-hydrogen) atoms. The van der Waals surface area contributed by atoms with Crippen LogP contribution < -0.4 is 5.73 Å². The zero-order chi connectivity index (χ0) is 9.46. The molecule has 1 rings (SSSR count). The maximum absolute atomic E-state index is 12.3. The van der Waals surface area contributed by atoms with Crippen LogP contribution in [0.3, 0.4) is 0 Å². The van der Waals surface area contributed by atoms with E-state index in [0.29, 0.717) is 0 Å². The van der Waals surface area contributed by atoms with Crippen molar-refractivity contribution in [2.24, 2.45) is 0 Å². The number of halogens is 5. The molecule has 0 aliphatic rings. The fourth-order valence-electron chi connectivity index (χ4n) is 0.650. The Morgan fingerprint density at radius 1 is 0.583 bits per heavy atom. The van der Waals surface area contributed by atoms with E-state index < -0.39 is 34.8 Å². The molecule has 0 fully saturated rings. The summed E-state index contributed by atoms with van der Waals surface area (Å²) in [5.74, 6) is -9.91. The van der Waals surface area contributed by atoms with Crippen molar-refractivity contribution in [1.82, 2.24) is 0 Å². The second kappa shape index (κ2) is 2.71. The monoisotopic (exact) mass is 184 g/mol. The van der Waals surface area contributed by atoms with E-state index in [1.807, 2.05) is 0 Å². The average molecular weight is 184 g/mol. The van der Waals surface area contributed by atoms with E-state index in [0.717, 1.165) is 0 Å². The average Bonchev–Trinajstić information content (AvgIpc) is 2.08. The predicted octanol–water partition coefficient (Wildman–Crippen LogP) is 1.26. The highest BCUT2D eigenvalue weighted by atomic mass is 19.2. The highest BCUT2D eigenvalue weighted by Gasteiger charge is 2.26. The van der Waals surface area contributed by atoms with Gasteiger partial charge in [0.2, 0.25) is 34.8 Å². The van der Waals surface area contributed by atoms with E-state index in [1.54, 1.807) is 0 Å². The molecule has 66 valence electrons. The SMILES string of the molecule is [NH3+]c1c(F)c(F)c(F)c(F)c1F. The quantitative estimate of drug-likeness (QED) is 0.357. The third-order valence-electron chi connectivity index (χ3n) is 1.30. The van der Waals surface area contributed by atoms with E-state index >= 15 is 0 Å². The molecule has 1 nitrogen and oxygen atoms in total. The number of hydrogen-bond acceptors (Lipinski definition) is 0. The van der Waals surface area contributed by atoms with E-state index in [4.69, 9.17) is 0 Å². The summed E-state index contributed by atoms with van der Waals surface area (Å²) in [6.45, 7) is 0. The Bertz CT molecular complexity index is 230. The van der Waals surface area contributed by atoms with Crippen molar-refractivity contribution in [3.63, 3.8) is 0 Å². The van der Waals surface area contributed by atoms with Gasteiger partial charge in [0.15, 0.2) is 0 Å². The smallest absolute Gasteiger partial charge is 0.225 e. The largest absolute Gasteiger partial charge is 0.320 e. The van der Waals surface area contributed by atoms with Gasteiger partial charge in [-0.2, -0.15) is 8.78 Å². The predicted molar refractivity (Wildman–Crippen MR) is 28.8 cm³/mol. The van der Waals surface area contributed by atoms with Gasteiger partial charge in [0.25, 0.3) is 0 Å². The van der Waals surface area contributed by atoms with Gasteiger partial charge in [-0.3, -0.25) is 0 Å². The number of benzene rings is 1. The number of quaternary nitrogens is 1. The summed E-state index contributed by atoms with van der Waals surface area (Å²) >= 11 is 0. The van der Waals surface area contributed by atoms with Crippen molar-refractivity contribution in [2.45, 2.75) is 0 Å². The lowest BCUT2D eigenvalue weighted by Crippen LogP contribution is -2.43. The third kappa shape index (κ3) is 1.04. The minimum Gasteiger partial charge on any atom is -0.320 e. The summed E-state index contributed by atoms with van der Waals surface area (Å²) in [5.41, 5.74) is 1.57. The third-order valence-corrected chi connectivity index (χ3v) is 1.30. The van der Waals surface area contributed by atoms with Crippen molar-refractivity contribution < 1.29 is 27.7 Å². The van der Waals surface area contributed by atoms with Gasteiger partial charge in [0.05, 0.1) is 0 Å². The van der Waals surface area contributed by atoms with Crippen LogP contribution in [-0.4, -0.2) is 0 Å². The first-order chi connectivity index (χ1) is 5.46. The Morgan fingerprint density at radius 2 is 0.833 bits per heavy atom. The Morgan fingerprint density at radius 3 is 1.17 bits per heavy atom. The molecular weight excluding hydrogens is 181 g/mol. The second-order valence-electron chi connectivity index (χ2n) is 2.05. The molecule has 0 saturated heterocycles. The van der Waals surface area contributed by atoms with Crippen molar-refractivity contribution >= 4 is 5.69 Å². The molecule has 1 aromatic carbocycles. The molecule has 0 aliphatic heterocycles. The Hall–Kier alpha value is -1.17. The molecular formula is C6H3F5N+. The molecule has 0 aliphatic carbocycles. The molecule has 1 aromatic rings. The zero-order valence-electron chi connectivity index (χ0n) is 5.60. The maximum Gasteiger partial charge on any atom is 0.225 e.